The molecule has 0 unspecified atom stereocenters. The van der Waals surface area contributed by atoms with Crippen LogP contribution in [0.15, 0.2) is 54.9 Å². The second kappa shape index (κ2) is 5.20. The maximum absolute atomic E-state index is 12.0. The molecule has 0 fully saturated rings. The lowest BCUT2D eigenvalue weighted by atomic mass is 10.2. The molecule has 5 heteroatoms. The van der Waals surface area contributed by atoms with Gasteiger partial charge in [0, 0.05) is 11.4 Å². The Labute approximate surface area is 123 Å². The van der Waals surface area contributed by atoms with Gasteiger partial charge in [-0.1, -0.05) is 18.7 Å². The molecule has 21 heavy (non-hydrogen) atoms. The summed E-state index contributed by atoms with van der Waals surface area (Å²) in [5.74, 6) is 0.728. The molecule has 0 aromatic heterocycles. The van der Waals surface area contributed by atoms with Gasteiger partial charge in [-0.2, -0.15) is 0 Å². The van der Waals surface area contributed by atoms with Crippen LogP contribution in [0.2, 0.25) is 0 Å². The summed E-state index contributed by atoms with van der Waals surface area (Å²) >= 11 is 0. The third-order valence-corrected chi connectivity index (χ3v) is 3.12. The maximum atomic E-state index is 12.0. The quantitative estimate of drug-likeness (QED) is 0.673. The van der Waals surface area contributed by atoms with E-state index < -0.39 is 0 Å². The van der Waals surface area contributed by atoms with Gasteiger partial charge in [-0.15, -0.1) is 0 Å². The molecule has 0 saturated heterocycles. The van der Waals surface area contributed by atoms with E-state index in [4.69, 9.17) is 0 Å². The van der Waals surface area contributed by atoms with E-state index in [9.17, 15) is 4.79 Å². The van der Waals surface area contributed by atoms with Crippen LogP contribution in [0.3, 0.4) is 0 Å². The molecule has 2 amide bonds. The topological polar surface area (TPSA) is 65.2 Å². The van der Waals surface area contributed by atoms with Gasteiger partial charge in [-0.25, -0.2) is 4.79 Å². The number of nitrogens with one attached hydrogen (secondary N) is 4. The lowest BCUT2D eigenvalue weighted by Gasteiger charge is -2.09. The van der Waals surface area contributed by atoms with Gasteiger partial charge >= 0.3 is 6.03 Å². The van der Waals surface area contributed by atoms with Gasteiger partial charge in [0.1, 0.15) is 5.82 Å². The number of carbonyl (C=O) groups excluding carboxylic acids is 1. The van der Waals surface area contributed by atoms with Crippen molar-refractivity contribution in [3.8, 4) is 0 Å². The van der Waals surface area contributed by atoms with Crippen LogP contribution in [0, 0.1) is 6.92 Å². The number of hydrogen-bond acceptors (Lipinski definition) is 3. The molecule has 3 rings (SSSR count). The van der Waals surface area contributed by atoms with Crippen LogP contribution in [0.4, 0.5) is 27.5 Å². The van der Waals surface area contributed by atoms with Gasteiger partial charge in [0.25, 0.3) is 0 Å². The third kappa shape index (κ3) is 2.97. The molecule has 5 nitrogen and oxygen atoms in total. The minimum absolute atomic E-state index is 0.273. The molecule has 1 aliphatic rings. The van der Waals surface area contributed by atoms with E-state index in [0.717, 1.165) is 28.4 Å². The molecule has 0 aliphatic carbocycles. The summed E-state index contributed by atoms with van der Waals surface area (Å²) in [5, 5.41) is 11.8. The number of rotatable bonds is 2. The Balaban J connectivity index is 1.68. The number of aryl methyl sites for hydroxylation is 1. The third-order valence-electron chi connectivity index (χ3n) is 3.12. The number of hydrogen-bond donors (Lipinski definition) is 4. The van der Waals surface area contributed by atoms with Crippen LogP contribution in [-0.4, -0.2) is 6.03 Å². The van der Waals surface area contributed by atoms with E-state index in [-0.39, 0.29) is 6.03 Å². The zero-order chi connectivity index (χ0) is 14.8. The molecule has 2 aromatic carbocycles. The van der Waals surface area contributed by atoms with Crippen molar-refractivity contribution in [3.05, 3.63) is 60.4 Å². The molecule has 0 saturated carbocycles. The van der Waals surface area contributed by atoms with Crippen molar-refractivity contribution in [3.63, 3.8) is 0 Å². The van der Waals surface area contributed by atoms with Crippen molar-refractivity contribution in [2.45, 2.75) is 6.92 Å². The first-order valence-corrected chi connectivity index (χ1v) is 6.62. The first-order chi connectivity index (χ1) is 10.1. The molecule has 0 bridgehead atoms. The molecular weight excluding hydrogens is 264 g/mol. The Morgan fingerprint density at radius 3 is 2.48 bits per heavy atom. The fraction of sp³-hybridized carbons (Fsp3) is 0.0625. The minimum atomic E-state index is -0.273. The highest BCUT2D eigenvalue weighted by atomic mass is 16.2. The van der Waals surface area contributed by atoms with Crippen molar-refractivity contribution in [2.24, 2.45) is 0 Å². The zero-order valence-electron chi connectivity index (χ0n) is 11.7. The Morgan fingerprint density at radius 2 is 1.71 bits per heavy atom. The van der Waals surface area contributed by atoms with Gasteiger partial charge in [-0.3, -0.25) is 0 Å². The summed E-state index contributed by atoms with van der Waals surface area (Å²) in [6.45, 7) is 5.78. The number of fused-ring (bicyclic) bond motifs is 1. The van der Waals surface area contributed by atoms with Crippen molar-refractivity contribution in [1.29, 1.82) is 0 Å². The summed E-state index contributed by atoms with van der Waals surface area (Å²) in [6.07, 6.45) is 0. The van der Waals surface area contributed by atoms with E-state index in [0.29, 0.717) is 5.69 Å². The van der Waals surface area contributed by atoms with Crippen LogP contribution in [0.1, 0.15) is 5.56 Å². The van der Waals surface area contributed by atoms with Gasteiger partial charge in [0.05, 0.1) is 11.4 Å². The van der Waals surface area contributed by atoms with Gasteiger partial charge in [0.2, 0.25) is 0 Å². The van der Waals surface area contributed by atoms with Crippen molar-refractivity contribution < 1.29 is 4.79 Å². The summed E-state index contributed by atoms with van der Waals surface area (Å²) < 4.78 is 0. The van der Waals surface area contributed by atoms with Crippen LogP contribution < -0.4 is 21.3 Å². The van der Waals surface area contributed by atoms with E-state index in [2.05, 4.69) is 27.8 Å². The highest BCUT2D eigenvalue weighted by Gasteiger charge is 2.13. The van der Waals surface area contributed by atoms with Crippen LogP contribution >= 0.6 is 0 Å². The Morgan fingerprint density at radius 1 is 1.00 bits per heavy atom. The number of carbonyl (C=O) groups is 1. The van der Waals surface area contributed by atoms with E-state index in [1.54, 1.807) is 0 Å². The van der Waals surface area contributed by atoms with Crippen LogP contribution in [-0.2, 0) is 0 Å². The fourth-order valence-corrected chi connectivity index (χ4v) is 2.21. The average Bonchev–Trinajstić information content (AvgIpc) is 2.78. The molecule has 106 valence electrons. The molecule has 4 N–H and O–H groups in total. The standard InChI is InChI=1S/C16H16N4O/c1-10-4-3-5-12(8-10)19-16(21)20-13-6-7-14-15(9-13)18-11(2)17-14/h3-9,17-18H,2H2,1H3,(H2,19,20,21). The molecule has 1 aliphatic heterocycles. The first kappa shape index (κ1) is 13.1. The first-order valence-electron chi connectivity index (χ1n) is 6.62. The SMILES string of the molecule is C=C1Nc2ccc(NC(=O)Nc3cccc(C)c3)cc2N1. The highest BCUT2D eigenvalue weighted by Crippen LogP contribution is 2.32. The molecule has 2 aromatic rings. The second-order valence-electron chi connectivity index (χ2n) is 4.94. The van der Waals surface area contributed by atoms with Crippen molar-refractivity contribution in [2.75, 3.05) is 21.3 Å². The number of amides is 2. The zero-order valence-corrected chi connectivity index (χ0v) is 11.7. The summed E-state index contributed by atoms with van der Waals surface area (Å²) in [4.78, 5) is 12.0. The van der Waals surface area contributed by atoms with Crippen molar-refractivity contribution >= 4 is 28.8 Å². The summed E-state index contributed by atoms with van der Waals surface area (Å²) in [7, 11) is 0. The fourth-order valence-electron chi connectivity index (χ4n) is 2.21. The van der Waals surface area contributed by atoms with Gasteiger partial charge in [-0.05, 0) is 42.8 Å². The molecule has 0 atom stereocenters. The summed E-state index contributed by atoms with van der Waals surface area (Å²) in [6, 6.07) is 13.0. The molecule has 1 heterocycles. The summed E-state index contributed by atoms with van der Waals surface area (Å²) in [5.41, 5.74) is 4.42. The number of urea groups is 1. The minimum Gasteiger partial charge on any atom is -0.341 e. The normalized spacial score (nSPS) is 12.1. The Hall–Kier alpha value is -2.95. The molecular formula is C16H16N4O. The Bertz CT molecular complexity index is 724. The van der Waals surface area contributed by atoms with Crippen LogP contribution in [0.5, 0.6) is 0 Å². The van der Waals surface area contributed by atoms with E-state index >= 15 is 0 Å². The Kier molecular flexibility index (Phi) is 3.23. The largest absolute Gasteiger partial charge is 0.341 e. The highest BCUT2D eigenvalue weighted by molar-refractivity contribution is 6.00. The molecule has 0 spiro atoms. The lowest BCUT2D eigenvalue weighted by Crippen LogP contribution is -2.19. The van der Waals surface area contributed by atoms with Crippen LogP contribution in [0.25, 0.3) is 0 Å². The molecule has 0 radical (unpaired) electrons. The monoisotopic (exact) mass is 280 g/mol. The maximum Gasteiger partial charge on any atom is 0.323 e. The predicted octanol–water partition coefficient (Wildman–Crippen LogP) is 3.95. The lowest BCUT2D eigenvalue weighted by molar-refractivity contribution is 0.262. The van der Waals surface area contributed by atoms with Gasteiger partial charge in [0.15, 0.2) is 0 Å². The van der Waals surface area contributed by atoms with Crippen molar-refractivity contribution in [1.82, 2.24) is 0 Å². The smallest absolute Gasteiger partial charge is 0.323 e. The number of benzene rings is 2. The van der Waals surface area contributed by atoms with E-state index in [1.165, 1.54) is 0 Å². The van der Waals surface area contributed by atoms with Gasteiger partial charge < -0.3 is 21.3 Å². The number of anilines is 4. The average molecular weight is 280 g/mol. The van der Waals surface area contributed by atoms with E-state index in [1.807, 2.05) is 49.4 Å². The second-order valence-corrected chi connectivity index (χ2v) is 4.94. The predicted molar refractivity (Wildman–Crippen MR) is 86.6 cm³/mol.